The van der Waals surface area contributed by atoms with Crippen molar-refractivity contribution in [1.82, 2.24) is 9.88 Å². The molecular formula is C27H27N3O2S. The van der Waals surface area contributed by atoms with Crippen LogP contribution in [0.25, 0.3) is 10.9 Å². The summed E-state index contributed by atoms with van der Waals surface area (Å²) in [6.45, 7) is 5.02. The van der Waals surface area contributed by atoms with Gasteiger partial charge in [-0.05, 0) is 67.0 Å². The van der Waals surface area contributed by atoms with E-state index < -0.39 is 0 Å². The van der Waals surface area contributed by atoms with Crippen LogP contribution in [0, 0.1) is 13.8 Å². The normalized spacial score (nSPS) is 10.8. The Morgan fingerprint density at radius 1 is 1.00 bits per heavy atom. The number of fused-ring (bicyclic) bond motifs is 1. The zero-order chi connectivity index (χ0) is 23.4. The predicted octanol–water partition coefficient (Wildman–Crippen LogP) is 5.55. The second-order valence-electron chi connectivity index (χ2n) is 8.14. The predicted molar refractivity (Wildman–Crippen MR) is 139 cm³/mol. The highest BCUT2D eigenvalue weighted by molar-refractivity contribution is 7.80. The zero-order valence-corrected chi connectivity index (χ0v) is 19.8. The monoisotopic (exact) mass is 457 g/mol. The molecule has 0 atom stereocenters. The number of thiocarbonyl (C=S) groups is 1. The third-order valence-electron chi connectivity index (χ3n) is 5.60. The van der Waals surface area contributed by atoms with Gasteiger partial charge in [0.2, 0.25) is 0 Å². The second-order valence-corrected chi connectivity index (χ2v) is 8.53. The molecule has 0 bridgehead atoms. The van der Waals surface area contributed by atoms with Crippen molar-refractivity contribution in [2.75, 3.05) is 12.4 Å². The number of pyridine rings is 1. The Morgan fingerprint density at radius 3 is 2.48 bits per heavy atom. The van der Waals surface area contributed by atoms with Crippen molar-refractivity contribution < 1.29 is 4.74 Å². The Morgan fingerprint density at radius 2 is 1.73 bits per heavy atom. The first-order valence-corrected chi connectivity index (χ1v) is 11.2. The van der Waals surface area contributed by atoms with E-state index in [1.807, 2.05) is 66.4 Å². The largest absolute Gasteiger partial charge is 0.495 e. The lowest BCUT2D eigenvalue weighted by atomic mass is 10.0. The van der Waals surface area contributed by atoms with Gasteiger partial charge in [0.05, 0.1) is 19.3 Å². The molecule has 168 valence electrons. The maximum atomic E-state index is 13.0. The molecule has 33 heavy (non-hydrogen) atoms. The van der Waals surface area contributed by atoms with Gasteiger partial charge >= 0.3 is 0 Å². The standard InChI is InChI=1S/C27H27N3O2S/c1-18-13-19(2)22-15-21(26(31)28-24(22)14-18)17-30(16-20-9-5-4-6-10-20)27(33)29-23-11-7-8-12-25(23)32-3/h4-15H,16-17H2,1-3H3,(H,28,31)(H,29,33). The molecule has 0 aliphatic rings. The van der Waals surface area contributed by atoms with Crippen LogP contribution in [-0.4, -0.2) is 22.1 Å². The lowest BCUT2D eigenvalue weighted by Gasteiger charge is -2.26. The van der Waals surface area contributed by atoms with E-state index in [0.717, 1.165) is 33.3 Å². The number of para-hydroxylation sites is 2. The average Bonchev–Trinajstić information content (AvgIpc) is 2.80. The summed E-state index contributed by atoms with van der Waals surface area (Å²) in [5, 5.41) is 4.85. The number of nitrogens with zero attached hydrogens (tertiary/aromatic N) is 1. The highest BCUT2D eigenvalue weighted by Crippen LogP contribution is 2.24. The number of anilines is 1. The van der Waals surface area contributed by atoms with E-state index in [-0.39, 0.29) is 5.56 Å². The van der Waals surface area contributed by atoms with E-state index in [9.17, 15) is 4.79 Å². The maximum absolute atomic E-state index is 13.0. The number of hydrogen-bond acceptors (Lipinski definition) is 3. The van der Waals surface area contributed by atoms with Crippen molar-refractivity contribution in [2.24, 2.45) is 0 Å². The second kappa shape index (κ2) is 9.88. The zero-order valence-electron chi connectivity index (χ0n) is 19.0. The summed E-state index contributed by atoms with van der Waals surface area (Å²) < 4.78 is 5.46. The van der Waals surface area contributed by atoms with Gasteiger partial charge in [-0.1, -0.05) is 48.5 Å². The van der Waals surface area contributed by atoms with E-state index in [1.54, 1.807) is 7.11 Å². The molecule has 0 unspecified atom stereocenters. The van der Waals surface area contributed by atoms with Gasteiger partial charge in [0, 0.05) is 23.0 Å². The summed E-state index contributed by atoms with van der Waals surface area (Å²) >= 11 is 5.79. The third kappa shape index (κ3) is 5.23. The molecule has 3 aromatic carbocycles. The molecule has 0 saturated carbocycles. The quantitative estimate of drug-likeness (QED) is 0.372. The van der Waals surface area contributed by atoms with Crippen molar-refractivity contribution in [3.05, 3.63) is 105 Å². The van der Waals surface area contributed by atoms with Gasteiger partial charge in [-0.15, -0.1) is 0 Å². The molecule has 5 nitrogen and oxygen atoms in total. The van der Waals surface area contributed by atoms with E-state index in [1.165, 1.54) is 0 Å². The molecule has 0 aliphatic carbocycles. The fraction of sp³-hybridized carbons (Fsp3) is 0.185. The molecule has 0 fully saturated rings. The molecule has 0 aliphatic heterocycles. The highest BCUT2D eigenvalue weighted by Gasteiger charge is 2.16. The average molecular weight is 458 g/mol. The van der Waals surface area contributed by atoms with Crippen LogP contribution in [0.1, 0.15) is 22.3 Å². The minimum absolute atomic E-state index is 0.106. The fourth-order valence-corrected chi connectivity index (χ4v) is 4.22. The summed E-state index contributed by atoms with van der Waals surface area (Å²) in [4.78, 5) is 18.0. The molecule has 0 radical (unpaired) electrons. The van der Waals surface area contributed by atoms with Gasteiger partial charge in [-0.2, -0.15) is 0 Å². The Balaban J connectivity index is 1.68. The SMILES string of the molecule is COc1ccccc1NC(=S)N(Cc1ccccc1)Cc1cc2c(C)cc(C)cc2[nH]c1=O. The first-order chi connectivity index (χ1) is 15.9. The number of methoxy groups -OCH3 is 1. The third-order valence-corrected chi connectivity index (χ3v) is 5.96. The van der Waals surface area contributed by atoms with Crippen molar-refractivity contribution in [1.29, 1.82) is 0 Å². The van der Waals surface area contributed by atoms with Gasteiger partial charge < -0.3 is 19.9 Å². The van der Waals surface area contributed by atoms with Crippen molar-refractivity contribution >= 4 is 33.9 Å². The Labute approximate surface area is 199 Å². The molecule has 4 rings (SSSR count). The number of ether oxygens (including phenoxy) is 1. The summed E-state index contributed by atoms with van der Waals surface area (Å²) in [7, 11) is 1.63. The van der Waals surface area contributed by atoms with Crippen LogP contribution in [0.2, 0.25) is 0 Å². The number of aromatic nitrogens is 1. The van der Waals surface area contributed by atoms with Crippen LogP contribution >= 0.6 is 12.2 Å². The maximum Gasteiger partial charge on any atom is 0.253 e. The molecule has 0 saturated heterocycles. The van der Waals surface area contributed by atoms with Crippen LogP contribution in [0.4, 0.5) is 5.69 Å². The number of nitrogens with one attached hydrogen (secondary N) is 2. The topological polar surface area (TPSA) is 57.4 Å². The first-order valence-electron chi connectivity index (χ1n) is 10.8. The van der Waals surface area contributed by atoms with Crippen LogP contribution < -0.4 is 15.6 Å². The number of rotatable bonds is 6. The number of hydrogen-bond donors (Lipinski definition) is 2. The lowest BCUT2D eigenvalue weighted by molar-refractivity contribution is 0.408. The van der Waals surface area contributed by atoms with Crippen LogP contribution in [0.5, 0.6) is 5.75 Å². The summed E-state index contributed by atoms with van der Waals surface area (Å²) in [5.41, 5.74) is 5.54. The minimum Gasteiger partial charge on any atom is -0.495 e. The molecule has 1 heterocycles. The van der Waals surface area contributed by atoms with Gasteiger partial charge in [0.1, 0.15) is 5.75 Å². The molecule has 0 amide bonds. The summed E-state index contributed by atoms with van der Waals surface area (Å²) in [6, 6.07) is 23.8. The van der Waals surface area contributed by atoms with Crippen LogP contribution in [0.3, 0.4) is 0 Å². The Kier molecular flexibility index (Phi) is 6.75. The van der Waals surface area contributed by atoms with Crippen LogP contribution in [-0.2, 0) is 13.1 Å². The van der Waals surface area contributed by atoms with E-state index in [4.69, 9.17) is 17.0 Å². The van der Waals surface area contributed by atoms with Gasteiger partial charge in [0.15, 0.2) is 5.11 Å². The number of aromatic amines is 1. The lowest BCUT2D eigenvalue weighted by Crippen LogP contribution is -2.35. The highest BCUT2D eigenvalue weighted by atomic mass is 32.1. The molecule has 2 N–H and O–H groups in total. The van der Waals surface area contributed by atoms with Crippen molar-refractivity contribution in [3.63, 3.8) is 0 Å². The van der Waals surface area contributed by atoms with E-state index in [2.05, 4.69) is 35.4 Å². The Bertz CT molecular complexity index is 1350. The minimum atomic E-state index is -0.106. The van der Waals surface area contributed by atoms with Gasteiger partial charge in [0.25, 0.3) is 5.56 Å². The number of benzene rings is 3. The number of H-pyrrole nitrogens is 1. The molecular weight excluding hydrogens is 430 g/mol. The Hall–Kier alpha value is -3.64. The smallest absolute Gasteiger partial charge is 0.253 e. The summed E-state index contributed by atoms with van der Waals surface area (Å²) in [6.07, 6.45) is 0. The van der Waals surface area contributed by atoms with Crippen LogP contribution in [0.15, 0.2) is 77.6 Å². The fourth-order valence-electron chi connectivity index (χ4n) is 3.98. The molecule has 1 aromatic heterocycles. The first kappa shape index (κ1) is 22.6. The van der Waals surface area contributed by atoms with Crippen molar-refractivity contribution in [2.45, 2.75) is 26.9 Å². The number of aryl methyl sites for hydroxylation is 2. The van der Waals surface area contributed by atoms with E-state index >= 15 is 0 Å². The molecule has 4 aromatic rings. The van der Waals surface area contributed by atoms with Gasteiger partial charge in [-0.25, -0.2) is 0 Å². The van der Waals surface area contributed by atoms with E-state index in [0.29, 0.717) is 29.5 Å². The molecule has 0 spiro atoms. The van der Waals surface area contributed by atoms with Gasteiger partial charge in [-0.3, -0.25) is 4.79 Å². The summed E-state index contributed by atoms with van der Waals surface area (Å²) in [5.74, 6) is 0.703. The molecule has 6 heteroatoms. The van der Waals surface area contributed by atoms with Crippen molar-refractivity contribution in [3.8, 4) is 5.75 Å².